The quantitative estimate of drug-likeness (QED) is 0.491. The van der Waals surface area contributed by atoms with Crippen molar-refractivity contribution in [2.45, 2.75) is 26.2 Å². The van der Waals surface area contributed by atoms with E-state index >= 15 is 0 Å². The van der Waals surface area contributed by atoms with Crippen LogP contribution in [0, 0.1) is 0 Å². The van der Waals surface area contributed by atoms with Gasteiger partial charge in [0.25, 0.3) is 0 Å². The van der Waals surface area contributed by atoms with E-state index in [1.54, 1.807) is 26.2 Å². The molecular weight excluding hydrogens is 387 g/mol. The first-order valence-electron chi connectivity index (χ1n) is 8.82. The van der Waals surface area contributed by atoms with Gasteiger partial charge in [-0.1, -0.05) is 35.3 Å². The maximum Gasteiger partial charge on any atom is 0.161 e. The molecule has 0 fully saturated rings. The van der Waals surface area contributed by atoms with E-state index < -0.39 is 0 Å². The van der Waals surface area contributed by atoms with Crippen LogP contribution < -0.4 is 20.1 Å². The second-order valence-corrected chi connectivity index (χ2v) is 7.07. The summed E-state index contributed by atoms with van der Waals surface area (Å²) in [5.74, 6) is 1.35. The molecule has 0 amide bonds. The van der Waals surface area contributed by atoms with Crippen molar-refractivity contribution < 1.29 is 14.6 Å². The van der Waals surface area contributed by atoms with Gasteiger partial charge in [0.05, 0.1) is 23.3 Å². The van der Waals surface area contributed by atoms with Crippen molar-refractivity contribution in [1.29, 1.82) is 0 Å². The fourth-order valence-corrected chi connectivity index (χ4v) is 2.77. The molecule has 27 heavy (non-hydrogen) atoms. The zero-order chi connectivity index (χ0) is 19.6. The molecule has 0 radical (unpaired) electrons. The van der Waals surface area contributed by atoms with Crippen LogP contribution >= 0.6 is 23.2 Å². The molecular formula is C20H26Cl2N2O3. The lowest BCUT2D eigenvalue weighted by Crippen LogP contribution is -2.31. The molecule has 0 aromatic heterocycles. The van der Waals surface area contributed by atoms with Gasteiger partial charge in [0.2, 0.25) is 0 Å². The minimum absolute atomic E-state index is 0.328. The standard InChI is InChI=1S/C20H26Cl2N2O3/c1-14(25)11-23-7-8-24-12-15-4-6-19(20(10-15)26-2)27-13-16-3-5-17(21)18(22)9-16/h3-6,9-10,14,23-25H,7-8,11-13H2,1-2H3/t14-/m0/s1. The number of aliphatic hydroxyl groups is 1. The minimum Gasteiger partial charge on any atom is -0.493 e. The molecule has 0 heterocycles. The van der Waals surface area contributed by atoms with Crippen LogP contribution in [0.2, 0.25) is 10.0 Å². The predicted octanol–water partition coefficient (Wildman–Crippen LogP) is 3.64. The first kappa shape index (κ1) is 21.8. The molecule has 7 heteroatoms. The van der Waals surface area contributed by atoms with Gasteiger partial charge >= 0.3 is 0 Å². The fraction of sp³-hybridized carbons (Fsp3) is 0.400. The van der Waals surface area contributed by atoms with Crippen molar-refractivity contribution in [2.75, 3.05) is 26.7 Å². The van der Waals surface area contributed by atoms with E-state index in [0.717, 1.165) is 30.8 Å². The minimum atomic E-state index is -0.328. The van der Waals surface area contributed by atoms with Crippen molar-refractivity contribution in [3.05, 3.63) is 57.6 Å². The van der Waals surface area contributed by atoms with Gasteiger partial charge in [-0.25, -0.2) is 0 Å². The van der Waals surface area contributed by atoms with Crippen LogP contribution in [0.5, 0.6) is 11.5 Å². The molecule has 0 spiro atoms. The zero-order valence-electron chi connectivity index (χ0n) is 15.6. The van der Waals surface area contributed by atoms with Crippen LogP contribution in [0.25, 0.3) is 0 Å². The lowest BCUT2D eigenvalue weighted by atomic mass is 10.2. The highest BCUT2D eigenvalue weighted by Crippen LogP contribution is 2.29. The van der Waals surface area contributed by atoms with Crippen molar-refractivity contribution in [2.24, 2.45) is 0 Å². The third-order valence-electron chi connectivity index (χ3n) is 3.85. The van der Waals surface area contributed by atoms with Crippen LogP contribution in [0.4, 0.5) is 0 Å². The molecule has 0 aliphatic heterocycles. The van der Waals surface area contributed by atoms with E-state index in [1.807, 2.05) is 24.3 Å². The highest BCUT2D eigenvalue weighted by atomic mass is 35.5. The first-order valence-corrected chi connectivity index (χ1v) is 9.58. The Bertz CT molecular complexity index is 726. The number of rotatable bonds is 11. The number of nitrogens with one attached hydrogen (secondary N) is 2. The van der Waals surface area contributed by atoms with Gasteiger partial charge in [-0.05, 0) is 42.3 Å². The summed E-state index contributed by atoms with van der Waals surface area (Å²) in [6.45, 7) is 5.06. The summed E-state index contributed by atoms with van der Waals surface area (Å²) in [6, 6.07) is 11.3. The predicted molar refractivity (Wildman–Crippen MR) is 110 cm³/mol. The summed E-state index contributed by atoms with van der Waals surface area (Å²) in [5, 5.41) is 16.7. The second kappa shape index (κ2) is 11.4. The van der Waals surface area contributed by atoms with E-state index in [4.69, 9.17) is 32.7 Å². The van der Waals surface area contributed by atoms with Crippen LogP contribution in [-0.4, -0.2) is 38.0 Å². The topological polar surface area (TPSA) is 62.8 Å². The Kier molecular flexibility index (Phi) is 9.18. The average molecular weight is 413 g/mol. The molecule has 0 bridgehead atoms. The number of methoxy groups -OCH3 is 1. The smallest absolute Gasteiger partial charge is 0.161 e. The van der Waals surface area contributed by atoms with Crippen molar-refractivity contribution in [3.8, 4) is 11.5 Å². The number of ether oxygens (including phenoxy) is 2. The summed E-state index contributed by atoms with van der Waals surface area (Å²) in [7, 11) is 1.62. The molecule has 0 aliphatic carbocycles. The van der Waals surface area contributed by atoms with Gasteiger partial charge < -0.3 is 25.2 Å². The highest BCUT2D eigenvalue weighted by Gasteiger charge is 2.07. The molecule has 0 aliphatic rings. The Labute approximate surface area is 170 Å². The summed E-state index contributed by atoms with van der Waals surface area (Å²) < 4.78 is 11.3. The Morgan fingerprint density at radius 1 is 0.963 bits per heavy atom. The summed E-state index contributed by atoms with van der Waals surface area (Å²) >= 11 is 12.0. The highest BCUT2D eigenvalue weighted by molar-refractivity contribution is 6.42. The van der Waals surface area contributed by atoms with E-state index in [-0.39, 0.29) is 6.10 Å². The Morgan fingerprint density at radius 3 is 2.41 bits per heavy atom. The third kappa shape index (κ3) is 7.56. The SMILES string of the molecule is COc1cc(CNCCNC[C@H](C)O)ccc1OCc1ccc(Cl)c(Cl)c1. The molecule has 148 valence electrons. The fourth-order valence-electron chi connectivity index (χ4n) is 2.45. The molecule has 3 N–H and O–H groups in total. The van der Waals surface area contributed by atoms with E-state index in [1.165, 1.54) is 0 Å². The van der Waals surface area contributed by atoms with Crippen LogP contribution in [-0.2, 0) is 13.2 Å². The van der Waals surface area contributed by atoms with Gasteiger partial charge in [-0.2, -0.15) is 0 Å². The Hall–Kier alpha value is -1.50. The number of aliphatic hydroxyl groups excluding tert-OH is 1. The third-order valence-corrected chi connectivity index (χ3v) is 4.59. The molecule has 2 rings (SSSR count). The van der Waals surface area contributed by atoms with Crippen LogP contribution in [0.15, 0.2) is 36.4 Å². The summed E-state index contributed by atoms with van der Waals surface area (Å²) in [4.78, 5) is 0. The molecule has 5 nitrogen and oxygen atoms in total. The maximum atomic E-state index is 9.19. The maximum absolute atomic E-state index is 9.19. The average Bonchev–Trinajstić information content (AvgIpc) is 2.65. The normalized spacial score (nSPS) is 12.0. The van der Waals surface area contributed by atoms with Crippen LogP contribution in [0.1, 0.15) is 18.1 Å². The number of hydrogen-bond donors (Lipinski definition) is 3. The Balaban J connectivity index is 1.84. The Morgan fingerprint density at radius 2 is 1.70 bits per heavy atom. The molecule has 1 atom stereocenters. The lowest BCUT2D eigenvalue weighted by molar-refractivity contribution is 0.191. The summed E-state index contributed by atoms with van der Waals surface area (Å²) in [5.41, 5.74) is 2.03. The van der Waals surface area contributed by atoms with Gasteiger partial charge in [-0.3, -0.25) is 0 Å². The number of hydrogen-bond acceptors (Lipinski definition) is 5. The lowest BCUT2D eigenvalue weighted by Gasteiger charge is -2.13. The van der Waals surface area contributed by atoms with E-state index in [2.05, 4.69) is 10.6 Å². The number of benzene rings is 2. The van der Waals surface area contributed by atoms with Gasteiger partial charge in [-0.15, -0.1) is 0 Å². The van der Waals surface area contributed by atoms with Gasteiger partial charge in [0.1, 0.15) is 6.61 Å². The van der Waals surface area contributed by atoms with Crippen molar-refractivity contribution in [1.82, 2.24) is 10.6 Å². The van der Waals surface area contributed by atoms with Crippen LogP contribution in [0.3, 0.4) is 0 Å². The summed E-state index contributed by atoms with van der Waals surface area (Å²) in [6.07, 6.45) is -0.328. The second-order valence-electron chi connectivity index (χ2n) is 6.25. The van der Waals surface area contributed by atoms with E-state index in [9.17, 15) is 5.11 Å². The zero-order valence-corrected chi connectivity index (χ0v) is 17.1. The molecule has 0 unspecified atom stereocenters. The van der Waals surface area contributed by atoms with Gasteiger partial charge in [0, 0.05) is 26.2 Å². The monoisotopic (exact) mass is 412 g/mol. The molecule has 2 aromatic carbocycles. The molecule has 2 aromatic rings. The van der Waals surface area contributed by atoms with Crippen molar-refractivity contribution >= 4 is 23.2 Å². The largest absolute Gasteiger partial charge is 0.493 e. The first-order chi connectivity index (χ1) is 13.0. The number of halogens is 2. The van der Waals surface area contributed by atoms with E-state index in [0.29, 0.717) is 34.7 Å². The molecule has 0 saturated carbocycles. The van der Waals surface area contributed by atoms with Gasteiger partial charge in [0.15, 0.2) is 11.5 Å². The molecule has 0 saturated heterocycles. The van der Waals surface area contributed by atoms with Crippen molar-refractivity contribution in [3.63, 3.8) is 0 Å².